The van der Waals surface area contributed by atoms with E-state index in [9.17, 15) is 4.79 Å². The van der Waals surface area contributed by atoms with Crippen LogP contribution < -0.4 is 0 Å². The molecule has 3 nitrogen and oxygen atoms in total. The molecule has 21 heavy (non-hydrogen) atoms. The second-order valence-electron chi connectivity index (χ2n) is 6.19. The first-order valence-corrected chi connectivity index (χ1v) is 8.97. The van der Waals surface area contributed by atoms with Crippen LogP contribution in [-0.4, -0.2) is 48.4 Å². The van der Waals surface area contributed by atoms with E-state index < -0.39 is 0 Å². The molecule has 2 aliphatic heterocycles. The van der Waals surface area contributed by atoms with Crippen LogP contribution in [0, 0.1) is 5.92 Å². The highest BCUT2D eigenvalue weighted by atomic mass is 32.1. The van der Waals surface area contributed by atoms with E-state index in [2.05, 4.69) is 10.3 Å². The van der Waals surface area contributed by atoms with Gasteiger partial charge in [-0.1, -0.05) is 6.42 Å². The van der Waals surface area contributed by atoms with Crippen molar-refractivity contribution in [3.05, 3.63) is 28.5 Å². The number of hydrogen-bond donors (Lipinski definition) is 0. The zero-order chi connectivity index (χ0) is 14.5. The van der Waals surface area contributed by atoms with Gasteiger partial charge in [0.05, 0.1) is 0 Å². The lowest BCUT2D eigenvalue weighted by Gasteiger charge is -2.28. The predicted octanol–water partition coefficient (Wildman–Crippen LogP) is 3.10. The van der Waals surface area contributed by atoms with E-state index in [1.807, 2.05) is 22.4 Å². The van der Waals surface area contributed by atoms with Crippen molar-refractivity contribution in [2.24, 2.45) is 5.92 Å². The highest BCUT2D eigenvalue weighted by Gasteiger charge is 2.26. The summed E-state index contributed by atoms with van der Waals surface area (Å²) in [6, 6.07) is 2.04. The van der Waals surface area contributed by atoms with Crippen LogP contribution in [0.3, 0.4) is 0 Å². The first-order valence-electron chi connectivity index (χ1n) is 8.03. The van der Waals surface area contributed by atoms with Crippen LogP contribution in [0.5, 0.6) is 0 Å². The Hall–Kier alpha value is -1.13. The Labute approximate surface area is 131 Å². The second kappa shape index (κ2) is 7.23. The van der Waals surface area contributed by atoms with Gasteiger partial charge in [0.15, 0.2) is 0 Å². The molecule has 1 aromatic rings. The van der Waals surface area contributed by atoms with Crippen molar-refractivity contribution in [3.8, 4) is 0 Å². The summed E-state index contributed by atoms with van der Waals surface area (Å²) in [5, 5.41) is 4.10. The van der Waals surface area contributed by atoms with Crippen LogP contribution in [-0.2, 0) is 4.79 Å². The number of amides is 1. The molecule has 2 saturated heterocycles. The average molecular weight is 304 g/mol. The lowest BCUT2D eigenvalue weighted by molar-refractivity contribution is -0.125. The van der Waals surface area contributed by atoms with Crippen molar-refractivity contribution < 1.29 is 4.79 Å². The molecule has 1 atom stereocenters. The second-order valence-corrected chi connectivity index (χ2v) is 6.97. The predicted molar refractivity (Wildman–Crippen MR) is 88.3 cm³/mol. The van der Waals surface area contributed by atoms with Crippen LogP contribution >= 0.6 is 11.3 Å². The molecule has 1 amide bonds. The molecule has 0 radical (unpaired) electrons. The molecule has 3 rings (SSSR count). The molecule has 2 aliphatic rings. The molecular formula is C17H24N2OS. The number of rotatable bonds is 4. The van der Waals surface area contributed by atoms with Crippen molar-refractivity contribution >= 4 is 23.3 Å². The minimum Gasteiger partial charge on any atom is -0.339 e. The number of nitrogens with zero attached hydrogens (tertiary/aromatic N) is 2. The Morgan fingerprint density at radius 2 is 2.14 bits per heavy atom. The van der Waals surface area contributed by atoms with Gasteiger partial charge in [0, 0.05) is 25.7 Å². The maximum Gasteiger partial charge on any atom is 0.246 e. The van der Waals surface area contributed by atoms with Crippen LogP contribution in [0.25, 0.3) is 6.08 Å². The minimum absolute atomic E-state index is 0.169. The van der Waals surface area contributed by atoms with E-state index in [0.717, 1.165) is 25.1 Å². The maximum atomic E-state index is 12.2. The molecule has 0 N–H and O–H groups in total. The third-order valence-electron chi connectivity index (χ3n) is 4.52. The Morgan fingerprint density at radius 3 is 2.90 bits per heavy atom. The Kier molecular flexibility index (Phi) is 5.09. The van der Waals surface area contributed by atoms with E-state index in [4.69, 9.17) is 0 Å². The van der Waals surface area contributed by atoms with Crippen LogP contribution in [0.15, 0.2) is 22.9 Å². The molecule has 114 valence electrons. The van der Waals surface area contributed by atoms with Gasteiger partial charge in [0.25, 0.3) is 0 Å². The molecule has 0 bridgehead atoms. The summed E-state index contributed by atoms with van der Waals surface area (Å²) in [7, 11) is 0. The number of likely N-dealkylation sites (tertiary alicyclic amines) is 2. The highest BCUT2D eigenvalue weighted by Crippen LogP contribution is 2.20. The van der Waals surface area contributed by atoms with Crippen molar-refractivity contribution in [1.82, 2.24) is 9.80 Å². The summed E-state index contributed by atoms with van der Waals surface area (Å²) in [5.74, 6) is 0.837. The molecule has 3 heterocycles. The van der Waals surface area contributed by atoms with Gasteiger partial charge in [-0.05, 0) is 66.7 Å². The van der Waals surface area contributed by atoms with Gasteiger partial charge in [-0.25, -0.2) is 0 Å². The molecule has 0 spiro atoms. The Morgan fingerprint density at radius 1 is 1.29 bits per heavy atom. The third kappa shape index (κ3) is 4.17. The van der Waals surface area contributed by atoms with Crippen molar-refractivity contribution in [1.29, 1.82) is 0 Å². The van der Waals surface area contributed by atoms with Gasteiger partial charge in [-0.2, -0.15) is 11.3 Å². The fraction of sp³-hybridized carbons (Fsp3) is 0.588. The minimum atomic E-state index is 0.169. The van der Waals surface area contributed by atoms with Crippen molar-refractivity contribution in [2.45, 2.75) is 25.7 Å². The van der Waals surface area contributed by atoms with E-state index in [0.29, 0.717) is 5.92 Å². The van der Waals surface area contributed by atoms with Crippen LogP contribution in [0.2, 0.25) is 0 Å². The summed E-state index contributed by atoms with van der Waals surface area (Å²) >= 11 is 1.66. The molecule has 1 aromatic heterocycles. The molecule has 0 aliphatic carbocycles. The summed E-state index contributed by atoms with van der Waals surface area (Å²) < 4.78 is 0. The van der Waals surface area contributed by atoms with Gasteiger partial charge in [-0.3, -0.25) is 4.79 Å². The molecule has 0 aromatic carbocycles. The van der Waals surface area contributed by atoms with Gasteiger partial charge in [-0.15, -0.1) is 0 Å². The van der Waals surface area contributed by atoms with Crippen molar-refractivity contribution in [3.63, 3.8) is 0 Å². The maximum absolute atomic E-state index is 12.2. The standard InChI is InChI=1S/C17H24N2OS/c20-17(5-4-15-7-11-21-14-15)19-10-6-16(13-19)12-18-8-2-1-3-9-18/h4-5,7,11,14,16H,1-3,6,8-10,12-13H2/b5-4+/t16-/m0/s1. The SMILES string of the molecule is O=C(/C=C/c1ccsc1)N1CC[C@@H](CN2CCCCC2)C1. The zero-order valence-corrected chi connectivity index (χ0v) is 13.4. The zero-order valence-electron chi connectivity index (χ0n) is 12.5. The smallest absolute Gasteiger partial charge is 0.246 e. The number of carbonyl (C=O) groups excluding carboxylic acids is 1. The summed E-state index contributed by atoms with van der Waals surface area (Å²) in [6.45, 7) is 5.54. The molecule has 0 unspecified atom stereocenters. The highest BCUT2D eigenvalue weighted by molar-refractivity contribution is 7.08. The fourth-order valence-corrected chi connectivity index (χ4v) is 3.96. The van der Waals surface area contributed by atoms with Crippen LogP contribution in [0.4, 0.5) is 0 Å². The van der Waals surface area contributed by atoms with Gasteiger partial charge < -0.3 is 9.80 Å². The van der Waals surface area contributed by atoms with E-state index in [-0.39, 0.29) is 5.91 Å². The number of hydrogen-bond acceptors (Lipinski definition) is 3. The largest absolute Gasteiger partial charge is 0.339 e. The topological polar surface area (TPSA) is 23.6 Å². The Balaban J connectivity index is 1.46. The van der Waals surface area contributed by atoms with E-state index in [1.165, 1.54) is 38.9 Å². The lowest BCUT2D eigenvalue weighted by atomic mass is 10.1. The van der Waals surface area contributed by atoms with Gasteiger partial charge in [0.2, 0.25) is 5.91 Å². The van der Waals surface area contributed by atoms with E-state index in [1.54, 1.807) is 17.4 Å². The summed E-state index contributed by atoms with van der Waals surface area (Å²) in [4.78, 5) is 16.8. The molecule has 2 fully saturated rings. The first kappa shape index (κ1) is 14.8. The fourth-order valence-electron chi connectivity index (χ4n) is 3.33. The normalized spacial score (nSPS) is 24.0. The van der Waals surface area contributed by atoms with Gasteiger partial charge in [0.1, 0.15) is 0 Å². The average Bonchev–Trinajstić information content (AvgIpc) is 3.17. The number of piperidine rings is 1. The Bertz CT molecular complexity index is 477. The van der Waals surface area contributed by atoms with E-state index >= 15 is 0 Å². The summed E-state index contributed by atoms with van der Waals surface area (Å²) in [5.41, 5.74) is 1.12. The van der Waals surface area contributed by atoms with Crippen molar-refractivity contribution in [2.75, 3.05) is 32.7 Å². The third-order valence-corrected chi connectivity index (χ3v) is 5.23. The quantitative estimate of drug-likeness (QED) is 0.798. The number of thiophene rings is 1. The monoisotopic (exact) mass is 304 g/mol. The molecular weight excluding hydrogens is 280 g/mol. The number of carbonyl (C=O) groups is 1. The van der Waals surface area contributed by atoms with Crippen LogP contribution in [0.1, 0.15) is 31.2 Å². The molecule has 4 heteroatoms. The van der Waals surface area contributed by atoms with Gasteiger partial charge >= 0.3 is 0 Å². The molecule has 0 saturated carbocycles. The first-order chi connectivity index (χ1) is 10.3. The lowest BCUT2D eigenvalue weighted by Crippen LogP contribution is -2.35. The summed E-state index contributed by atoms with van der Waals surface area (Å²) in [6.07, 6.45) is 8.90.